The minimum absolute atomic E-state index is 0.0463. The summed E-state index contributed by atoms with van der Waals surface area (Å²) in [6.45, 7) is 1.75. The van der Waals surface area contributed by atoms with Crippen molar-refractivity contribution in [1.29, 1.82) is 0 Å². The summed E-state index contributed by atoms with van der Waals surface area (Å²) in [5, 5.41) is 3.95. The fraction of sp³-hybridized carbons (Fsp3) is 0.579. The van der Waals surface area contributed by atoms with Crippen molar-refractivity contribution in [1.82, 2.24) is 19.9 Å². The summed E-state index contributed by atoms with van der Waals surface area (Å²) in [5.41, 5.74) is 0.402. The second kappa shape index (κ2) is 8.31. The fourth-order valence-corrected chi connectivity index (χ4v) is 4.03. The largest absolute Gasteiger partial charge is 0.434 e. The Morgan fingerprint density at radius 1 is 1.11 bits per heavy atom. The smallest absolute Gasteiger partial charge is 0.387 e. The van der Waals surface area contributed by atoms with Crippen LogP contribution in [-0.4, -0.2) is 58.8 Å². The van der Waals surface area contributed by atoms with Crippen molar-refractivity contribution in [2.24, 2.45) is 0 Å². The van der Waals surface area contributed by atoms with Gasteiger partial charge in [0.1, 0.15) is 5.75 Å². The van der Waals surface area contributed by atoms with Gasteiger partial charge in [0.15, 0.2) is 0 Å². The Kier molecular flexibility index (Phi) is 5.63. The van der Waals surface area contributed by atoms with Gasteiger partial charge in [-0.2, -0.15) is 13.8 Å². The van der Waals surface area contributed by atoms with Crippen molar-refractivity contribution < 1.29 is 18.0 Å². The van der Waals surface area contributed by atoms with Gasteiger partial charge in [0.25, 0.3) is 0 Å². The number of aromatic nitrogens is 2. The molecule has 1 aliphatic carbocycles. The zero-order valence-corrected chi connectivity index (χ0v) is 15.2. The van der Waals surface area contributed by atoms with Crippen LogP contribution in [0.25, 0.3) is 11.4 Å². The molecule has 0 spiro atoms. The second-order valence-corrected chi connectivity index (χ2v) is 7.14. The number of hydrogen-bond acceptors (Lipinski definition) is 6. The predicted molar refractivity (Wildman–Crippen MR) is 95.5 cm³/mol. The molecule has 2 aliphatic rings. The van der Waals surface area contributed by atoms with Crippen LogP contribution in [0.15, 0.2) is 28.8 Å². The second-order valence-electron chi connectivity index (χ2n) is 7.14. The molecule has 1 saturated carbocycles. The van der Waals surface area contributed by atoms with E-state index in [9.17, 15) is 8.78 Å². The lowest BCUT2D eigenvalue weighted by Crippen LogP contribution is -2.49. The van der Waals surface area contributed by atoms with Crippen molar-refractivity contribution in [3.05, 3.63) is 30.2 Å². The van der Waals surface area contributed by atoms with Crippen molar-refractivity contribution in [3.8, 4) is 17.1 Å². The van der Waals surface area contributed by atoms with Crippen LogP contribution in [0.2, 0.25) is 0 Å². The standard InChI is InChI=1S/C19H24F2N4O2/c20-19(21)26-16-8-4-3-7-15(16)18-22-17(27-23-18)13-24-9-11-25(12-10-24)14-5-1-2-6-14/h3-4,7-8,14,19H,1-2,5-6,9-13H2. The number of rotatable bonds is 6. The average molecular weight is 378 g/mol. The van der Waals surface area contributed by atoms with Gasteiger partial charge >= 0.3 is 6.61 Å². The normalized spacial score (nSPS) is 19.8. The highest BCUT2D eigenvalue weighted by Gasteiger charge is 2.27. The van der Waals surface area contributed by atoms with Crippen LogP contribution in [0.1, 0.15) is 31.6 Å². The fourth-order valence-electron chi connectivity index (χ4n) is 4.03. The summed E-state index contributed by atoms with van der Waals surface area (Å²) < 4.78 is 35.1. The molecule has 2 fully saturated rings. The Morgan fingerprint density at radius 2 is 1.85 bits per heavy atom. The van der Waals surface area contributed by atoms with Gasteiger partial charge in [-0.25, -0.2) is 0 Å². The van der Waals surface area contributed by atoms with E-state index in [1.54, 1.807) is 18.2 Å². The summed E-state index contributed by atoms with van der Waals surface area (Å²) in [7, 11) is 0. The number of alkyl halides is 2. The van der Waals surface area contributed by atoms with Crippen molar-refractivity contribution in [2.45, 2.75) is 44.9 Å². The summed E-state index contributed by atoms with van der Waals surface area (Å²) in [4.78, 5) is 9.27. The SMILES string of the molecule is FC(F)Oc1ccccc1-c1noc(CN2CCN(C3CCCC3)CC2)n1. The van der Waals surface area contributed by atoms with Crippen LogP contribution in [0.4, 0.5) is 8.78 Å². The zero-order valence-electron chi connectivity index (χ0n) is 15.2. The molecule has 8 heteroatoms. The maximum atomic E-state index is 12.6. The van der Waals surface area contributed by atoms with Gasteiger partial charge in [-0.05, 0) is 25.0 Å². The summed E-state index contributed by atoms with van der Waals surface area (Å²) in [5.74, 6) is 0.807. The zero-order chi connectivity index (χ0) is 18.6. The molecule has 4 rings (SSSR count). The molecule has 0 N–H and O–H groups in total. The van der Waals surface area contributed by atoms with Crippen LogP contribution in [0.5, 0.6) is 5.75 Å². The maximum absolute atomic E-state index is 12.6. The first-order valence-corrected chi connectivity index (χ1v) is 9.52. The van der Waals surface area contributed by atoms with Crippen molar-refractivity contribution in [2.75, 3.05) is 26.2 Å². The van der Waals surface area contributed by atoms with Gasteiger partial charge in [-0.3, -0.25) is 9.80 Å². The van der Waals surface area contributed by atoms with E-state index in [-0.39, 0.29) is 11.6 Å². The predicted octanol–water partition coefficient (Wildman–Crippen LogP) is 3.40. The van der Waals surface area contributed by atoms with E-state index in [0.29, 0.717) is 18.0 Å². The number of halogens is 2. The van der Waals surface area contributed by atoms with E-state index in [1.807, 2.05) is 0 Å². The molecule has 1 saturated heterocycles. The number of piperazine rings is 1. The number of hydrogen-bond donors (Lipinski definition) is 0. The first-order chi connectivity index (χ1) is 13.2. The lowest BCUT2D eigenvalue weighted by atomic mass is 10.2. The van der Waals surface area contributed by atoms with Gasteiger partial charge in [0.05, 0.1) is 12.1 Å². The molecular weight excluding hydrogens is 354 g/mol. The minimum Gasteiger partial charge on any atom is -0.434 e. The molecule has 0 unspecified atom stereocenters. The van der Waals surface area contributed by atoms with Crippen molar-refractivity contribution >= 4 is 0 Å². The molecule has 0 radical (unpaired) electrons. The molecule has 6 nitrogen and oxygen atoms in total. The van der Waals surface area contributed by atoms with Crippen LogP contribution >= 0.6 is 0 Å². The molecule has 0 bridgehead atoms. The number of ether oxygens (including phenoxy) is 1. The van der Waals surface area contributed by atoms with E-state index >= 15 is 0 Å². The highest BCUT2D eigenvalue weighted by atomic mass is 19.3. The molecule has 0 amide bonds. The molecule has 2 aromatic rings. The molecule has 1 aromatic carbocycles. The third-order valence-electron chi connectivity index (χ3n) is 5.42. The first-order valence-electron chi connectivity index (χ1n) is 9.52. The van der Waals surface area contributed by atoms with Crippen molar-refractivity contribution in [3.63, 3.8) is 0 Å². The number of benzene rings is 1. The van der Waals surface area contributed by atoms with Crippen LogP contribution < -0.4 is 4.74 Å². The third kappa shape index (κ3) is 4.44. The van der Waals surface area contributed by atoms with E-state index < -0.39 is 6.61 Å². The Labute approximate surface area is 157 Å². The van der Waals surface area contributed by atoms with Gasteiger partial charge in [-0.1, -0.05) is 30.1 Å². The summed E-state index contributed by atoms with van der Waals surface area (Å²) >= 11 is 0. The van der Waals surface area contributed by atoms with Crippen LogP contribution in [0, 0.1) is 0 Å². The molecule has 146 valence electrons. The Balaban J connectivity index is 1.36. The van der Waals surface area contributed by atoms with Crippen LogP contribution in [0.3, 0.4) is 0 Å². The van der Waals surface area contributed by atoms with Gasteiger partial charge < -0.3 is 9.26 Å². The quantitative estimate of drug-likeness (QED) is 0.768. The average Bonchev–Trinajstić information content (AvgIpc) is 3.35. The highest BCUT2D eigenvalue weighted by molar-refractivity contribution is 5.63. The molecule has 27 heavy (non-hydrogen) atoms. The van der Waals surface area contributed by atoms with E-state index in [4.69, 9.17) is 4.52 Å². The van der Waals surface area contributed by atoms with E-state index in [1.165, 1.54) is 31.7 Å². The Hall–Kier alpha value is -2.06. The maximum Gasteiger partial charge on any atom is 0.387 e. The lowest BCUT2D eigenvalue weighted by Gasteiger charge is -2.37. The molecule has 1 aromatic heterocycles. The molecule has 0 atom stereocenters. The van der Waals surface area contributed by atoms with Gasteiger partial charge in [0.2, 0.25) is 11.7 Å². The number of nitrogens with zero attached hydrogens (tertiary/aromatic N) is 4. The topological polar surface area (TPSA) is 54.6 Å². The van der Waals surface area contributed by atoms with E-state index in [0.717, 1.165) is 32.2 Å². The highest BCUT2D eigenvalue weighted by Crippen LogP contribution is 2.29. The monoisotopic (exact) mass is 378 g/mol. The number of para-hydroxylation sites is 1. The van der Waals surface area contributed by atoms with E-state index in [2.05, 4.69) is 24.7 Å². The van der Waals surface area contributed by atoms with Gasteiger partial charge in [-0.15, -0.1) is 0 Å². The summed E-state index contributed by atoms with van der Waals surface area (Å²) in [6.07, 6.45) is 5.36. The lowest BCUT2D eigenvalue weighted by molar-refractivity contribution is -0.0494. The Morgan fingerprint density at radius 3 is 2.59 bits per heavy atom. The van der Waals surface area contributed by atoms with Gasteiger partial charge in [0, 0.05) is 32.2 Å². The summed E-state index contributed by atoms with van der Waals surface area (Å²) in [6, 6.07) is 7.23. The molecule has 2 heterocycles. The molecular formula is C19H24F2N4O2. The minimum atomic E-state index is -2.89. The Bertz CT molecular complexity index is 741. The van der Waals surface area contributed by atoms with Crippen LogP contribution in [-0.2, 0) is 6.54 Å². The molecule has 1 aliphatic heterocycles. The third-order valence-corrected chi connectivity index (χ3v) is 5.42. The first kappa shape index (κ1) is 18.3.